The Morgan fingerprint density at radius 1 is 0.979 bits per heavy atom. The zero-order valence-corrected chi connectivity index (χ0v) is 29.5. The second kappa shape index (κ2) is 17.4. The van der Waals surface area contributed by atoms with Gasteiger partial charge in [0.1, 0.15) is 17.5 Å². The first-order valence-electron chi connectivity index (χ1n) is 18.0. The van der Waals surface area contributed by atoms with Crippen LogP contribution in [-0.2, 0) is 23.8 Å². The van der Waals surface area contributed by atoms with Crippen molar-refractivity contribution in [2.45, 2.75) is 123 Å². The van der Waals surface area contributed by atoms with Crippen LogP contribution in [0.15, 0.2) is 18.2 Å². The molecule has 48 heavy (non-hydrogen) atoms. The van der Waals surface area contributed by atoms with Gasteiger partial charge in [0.05, 0.1) is 12.2 Å². The van der Waals surface area contributed by atoms with Crippen molar-refractivity contribution >= 4 is 29.6 Å². The number of hydrogen-bond acceptors (Lipinski definition) is 7. The number of carbonyl (C=O) groups excluding carboxylic acids is 4. The van der Waals surface area contributed by atoms with Crippen LogP contribution in [0.4, 0.5) is 14.9 Å². The molecule has 1 heterocycles. The normalized spacial score (nSPS) is 24.1. The number of nitrogens with zero attached hydrogens (tertiary/aromatic N) is 1. The molecule has 1 unspecified atom stereocenters. The number of benzene rings is 1. The van der Waals surface area contributed by atoms with Crippen LogP contribution < -0.4 is 10.6 Å². The summed E-state index contributed by atoms with van der Waals surface area (Å²) in [7, 11) is 0. The Labute approximate surface area is 285 Å². The number of amides is 3. The number of rotatable bonds is 12. The van der Waals surface area contributed by atoms with E-state index in [2.05, 4.69) is 10.6 Å². The minimum Gasteiger partial charge on any atom is -0.462 e. The Bertz CT molecular complexity index is 1250. The summed E-state index contributed by atoms with van der Waals surface area (Å²) in [5.41, 5.74) is -0.537. The predicted octanol–water partition coefficient (Wildman–Crippen LogP) is 6.86. The number of carbonyl (C=O) groups is 4. The largest absolute Gasteiger partial charge is 0.462 e. The van der Waals surface area contributed by atoms with Crippen LogP contribution in [0, 0.1) is 29.5 Å². The van der Waals surface area contributed by atoms with Crippen LogP contribution in [0.25, 0.3) is 0 Å². The van der Waals surface area contributed by atoms with Crippen LogP contribution in [0.2, 0.25) is 0 Å². The fourth-order valence-corrected chi connectivity index (χ4v) is 7.69. The first-order valence-corrected chi connectivity index (χ1v) is 18.0. The summed E-state index contributed by atoms with van der Waals surface area (Å²) in [5, 5.41) is 5.83. The summed E-state index contributed by atoms with van der Waals surface area (Å²) in [5.74, 6) is -1.40. The summed E-state index contributed by atoms with van der Waals surface area (Å²) in [6.45, 7) is 11.0. The van der Waals surface area contributed by atoms with E-state index < -0.39 is 29.5 Å². The number of hydrogen-bond donors (Lipinski definition) is 2. The highest BCUT2D eigenvalue weighted by Crippen LogP contribution is 2.41. The molecule has 268 valence electrons. The number of ether oxygens (including phenoxy) is 3. The van der Waals surface area contributed by atoms with Crippen molar-refractivity contribution < 1.29 is 37.8 Å². The third-order valence-corrected chi connectivity index (χ3v) is 10.2. The number of anilines is 1. The standard InChI is InChI=1S/C37H56FN3O7/c1-6-46-21-10-22-47-35(44)30-18-17-28(23-31(30)38)40-33(42)32-29(26-11-8-7-9-12-26)19-20-41(32)34(43)27-15-13-25(14-16-27)24(2)39-36(45)48-37(3,4)5/h17-18,23-27,29,32H,6-16,19-22H2,1-5H3,(H,39,45)(H,40,42)/t24?,25?,27?,29-,32-/m0/s1. The average Bonchev–Trinajstić information content (AvgIpc) is 3.49. The molecular weight excluding hydrogens is 617 g/mol. The van der Waals surface area contributed by atoms with Crippen LogP contribution >= 0.6 is 0 Å². The maximum Gasteiger partial charge on any atom is 0.407 e. The van der Waals surface area contributed by atoms with E-state index in [9.17, 15) is 19.2 Å². The predicted molar refractivity (Wildman–Crippen MR) is 181 cm³/mol. The molecule has 1 aromatic carbocycles. The number of likely N-dealkylation sites (tertiary alicyclic amines) is 1. The first kappa shape index (κ1) is 37.6. The van der Waals surface area contributed by atoms with Gasteiger partial charge in [-0.3, -0.25) is 9.59 Å². The van der Waals surface area contributed by atoms with Crippen molar-refractivity contribution in [1.82, 2.24) is 10.2 Å². The van der Waals surface area contributed by atoms with E-state index in [1.54, 1.807) is 4.90 Å². The highest BCUT2D eigenvalue weighted by molar-refractivity contribution is 5.98. The first-order chi connectivity index (χ1) is 22.9. The molecular formula is C37H56FN3O7. The van der Waals surface area contributed by atoms with Gasteiger partial charge in [-0.25, -0.2) is 14.0 Å². The van der Waals surface area contributed by atoms with Crippen molar-refractivity contribution in [2.75, 3.05) is 31.7 Å². The molecule has 1 aromatic rings. The second-order valence-electron chi connectivity index (χ2n) is 14.7. The average molecular weight is 674 g/mol. The molecule has 3 aliphatic rings. The number of halogens is 1. The molecule has 0 radical (unpaired) electrons. The monoisotopic (exact) mass is 673 g/mol. The molecule has 4 rings (SSSR count). The van der Waals surface area contributed by atoms with Gasteiger partial charge in [-0.05, 0) is 103 Å². The van der Waals surface area contributed by atoms with E-state index in [1.165, 1.54) is 18.6 Å². The Hall–Kier alpha value is -3.21. The summed E-state index contributed by atoms with van der Waals surface area (Å²) in [6.07, 6.45) is 9.34. The van der Waals surface area contributed by atoms with Crippen LogP contribution in [0.5, 0.6) is 0 Å². The van der Waals surface area contributed by atoms with Crippen molar-refractivity contribution in [3.05, 3.63) is 29.6 Å². The zero-order valence-electron chi connectivity index (χ0n) is 29.5. The number of nitrogens with one attached hydrogen (secondary N) is 2. The molecule has 0 aromatic heterocycles. The lowest BCUT2D eigenvalue weighted by Crippen LogP contribution is -2.50. The molecule has 11 heteroatoms. The highest BCUT2D eigenvalue weighted by atomic mass is 19.1. The van der Waals surface area contributed by atoms with Gasteiger partial charge in [0.2, 0.25) is 11.8 Å². The van der Waals surface area contributed by atoms with E-state index >= 15 is 4.39 Å². The van der Waals surface area contributed by atoms with Crippen LogP contribution in [0.3, 0.4) is 0 Å². The highest BCUT2D eigenvalue weighted by Gasteiger charge is 2.47. The molecule has 10 nitrogen and oxygen atoms in total. The van der Waals surface area contributed by atoms with Crippen molar-refractivity contribution in [1.29, 1.82) is 0 Å². The van der Waals surface area contributed by atoms with Crippen molar-refractivity contribution in [3.8, 4) is 0 Å². The van der Waals surface area contributed by atoms with Gasteiger partial charge in [-0.15, -0.1) is 0 Å². The van der Waals surface area contributed by atoms with E-state index in [0.29, 0.717) is 44.9 Å². The smallest absolute Gasteiger partial charge is 0.407 e. The molecule has 3 atom stereocenters. The zero-order chi connectivity index (χ0) is 34.8. The molecule has 0 bridgehead atoms. The molecule has 1 saturated heterocycles. The summed E-state index contributed by atoms with van der Waals surface area (Å²) >= 11 is 0. The molecule has 2 aliphatic carbocycles. The van der Waals surface area contributed by atoms with Crippen LogP contribution in [0.1, 0.15) is 116 Å². The Morgan fingerprint density at radius 3 is 2.33 bits per heavy atom. The van der Waals surface area contributed by atoms with Gasteiger partial charge >= 0.3 is 12.1 Å². The van der Waals surface area contributed by atoms with Crippen molar-refractivity contribution in [3.63, 3.8) is 0 Å². The molecule has 3 amide bonds. The van der Waals surface area contributed by atoms with Gasteiger partial charge in [0, 0.05) is 43.8 Å². The molecule has 1 aliphatic heterocycles. The lowest BCUT2D eigenvalue weighted by Gasteiger charge is -2.37. The molecule has 2 N–H and O–H groups in total. The lowest BCUT2D eigenvalue weighted by atomic mass is 9.76. The van der Waals surface area contributed by atoms with E-state index in [-0.39, 0.29) is 53.5 Å². The summed E-state index contributed by atoms with van der Waals surface area (Å²) in [4.78, 5) is 54.6. The SMILES string of the molecule is CCOCCCOC(=O)c1ccc(NC(=O)[C@@H]2[C@H](C3CCCCC3)CCN2C(=O)C2CCC(C(C)NC(=O)OC(C)(C)C)CC2)cc1F. The van der Waals surface area contributed by atoms with Crippen LogP contribution in [-0.4, -0.2) is 72.8 Å². The lowest BCUT2D eigenvalue weighted by molar-refractivity contribution is -0.142. The van der Waals surface area contributed by atoms with Crippen molar-refractivity contribution in [2.24, 2.45) is 23.7 Å². The van der Waals surface area contributed by atoms with Gasteiger partial charge in [0.15, 0.2) is 0 Å². The molecule has 2 saturated carbocycles. The van der Waals surface area contributed by atoms with Gasteiger partial charge in [-0.2, -0.15) is 0 Å². The fourth-order valence-electron chi connectivity index (χ4n) is 7.69. The Kier molecular flexibility index (Phi) is 13.7. The Balaban J connectivity index is 1.39. The molecule has 3 fully saturated rings. The van der Waals surface area contributed by atoms with E-state index in [4.69, 9.17) is 14.2 Å². The third-order valence-electron chi connectivity index (χ3n) is 10.2. The maximum absolute atomic E-state index is 15.0. The quantitative estimate of drug-likeness (QED) is 0.184. The summed E-state index contributed by atoms with van der Waals surface area (Å²) < 4.78 is 30.9. The van der Waals surface area contributed by atoms with Gasteiger partial charge in [0.25, 0.3) is 0 Å². The van der Waals surface area contributed by atoms with E-state index in [1.807, 2.05) is 34.6 Å². The fraction of sp³-hybridized carbons (Fsp3) is 0.730. The van der Waals surface area contributed by atoms with Gasteiger partial charge in [-0.1, -0.05) is 32.1 Å². The van der Waals surface area contributed by atoms with E-state index in [0.717, 1.165) is 51.0 Å². The third kappa shape index (κ3) is 10.4. The minimum absolute atomic E-state index is 0.00766. The summed E-state index contributed by atoms with van der Waals surface area (Å²) in [6, 6.07) is 3.25. The topological polar surface area (TPSA) is 123 Å². The van der Waals surface area contributed by atoms with Gasteiger partial charge < -0.3 is 29.7 Å². The minimum atomic E-state index is -0.780. The number of esters is 1. The second-order valence-corrected chi connectivity index (χ2v) is 14.7. The maximum atomic E-state index is 15.0. The number of alkyl carbamates (subject to hydrolysis) is 1. The Morgan fingerprint density at radius 2 is 1.69 bits per heavy atom. The molecule has 0 spiro atoms.